The number of hydrogen-bond acceptors (Lipinski definition) is 1. The molecule has 14 heavy (non-hydrogen) atoms. The van der Waals surface area contributed by atoms with E-state index in [1.54, 1.807) is 0 Å². The Bertz CT molecular complexity index is 302. The summed E-state index contributed by atoms with van der Waals surface area (Å²) in [6, 6.07) is 4.37. The van der Waals surface area contributed by atoms with Crippen molar-refractivity contribution in [2.24, 2.45) is 5.73 Å². The van der Waals surface area contributed by atoms with Crippen LogP contribution in [0.1, 0.15) is 37.1 Å². The van der Waals surface area contributed by atoms with Gasteiger partial charge in [0.1, 0.15) is 0 Å². The maximum Gasteiger partial charge on any atom is 0.0225 e. The van der Waals surface area contributed by atoms with Gasteiger partial charge in [0.2, 0.25) is 0 Å². The topological polar surface area (TPSA) is 30.9 Å². The van der Waals surface area contributed by atoms with E-state index in [1.807, 2.05) is 0 Å². The van der Waals surface area contributed by atoms with Gasteiger partial charge in [-0.2, -0.15) is 0 Å². The molecule has 0 atom stereocenters. The maximum atomic E-state index is 6.05. The first-order chi connectivity index (χ1) is 6.61. The molecule has 0 aliphatic heterocycles. The largest absolute Gasteiger partial charge is 0.349 e. The lowest BCUT2D eigenvalue weighted by atomic mass is 10.1. The lowest BCUT2D eigenvalue weighted by Gasteiger charge is -2.11. The van der Waals surface area contributed by atoms with Crippen LogP contribution in [0.25, 0.3) is 0 Å². The van der Waals surface area contributed by atoms with Crippen LogP contribution in [0.15, 0.2) is 12.1 Å². The molecular formula is C12H20N2. The summed E-state index contributed by atoms with van der Waals surface area (Å²) >= 11 is 0. The van der Waals surface area contributed by atoms with Crippen LogP contribution in [-0.2, 0) is 6.54 Å². The van der Waals surface area contributed by atoms with Gasteiger partial charge in [-0.05, 0) is 51.7 Å². The zero-order valence-corrected chi connectivity index (χ0v) is 9.21. The predicted octanol–water partition coefficient (Wildman–Crippen LogP) is 2.38. The van der Waals surface area contributed by atoms with Crippen LogP contribution in [0, 0.1) is 13.8 Å². The normalized spacial score (nSPS) is 18.5. The molecule has 1 fully saturated rings. The van der Waals surface area contributed by atoms with E-state index in [2.05, 4.69) is 30.5 Å². The molecule has 1 aliphatic rings. The van der Waals surface area contributed by atoms with Crippen molar-refractivity contribution in [1.82, 2.24) is 4.57 Å². The minimum atomic E-state index is 0.217. The molecule has 0 saturated heterocycles. The zero-order valence-electron chi connectivity index (χ0n) is 9.21. The standard InChI is InChI=1S/C12H20N2/c1-10-4-5-11(2)14(10)9-3-6-12(13)7-8-12/h4-5H,3,6-9,13H2,1-2H3. The molecule has 2 rings (SSSR count). The van der Waals surface area contributed by atoms with Crippen molar-refractivity contribution in [2.45, 2.75) is 51.6 Å². The number of nitrogens with zero attached hydrogens (tertiary/aromatic N) is 1. The van der Waals surface area contributed by atoms with Crippen molar-refractivity contribution < 1.29 is 0 Å². The SMILES string of the molecule is Cc1ccc(C)n1CCCC1(N)CC1. The molecule has 2 N–H and O–H groups in total. The summed E-state index contributed by atoms with van der Waals surface area (Å²) in [5, 5.41) is 0. The highest BCUT2D eigenvalue weighted by molar-refractivity contribution is 5.13. The molecule has 78 valence electrons. The number of rotatable bonds is 4. The van der Waals surface area contributed by atoms with E-state index in [1.165, 1.54) is 37.1 Å². The fourth-order valence-electron chi connectivity index (χ4n) is 2.05. The lowest BCUT2D eigenvalue weighted by Crippen LogP contribution is -2.21. The molecular weight excluding hydrogens is 172 g/mol. The fourth-order valence-corrected chi connectivity index (χ4v) is 2.05. The van der Waals surface area contributed by atoms with Crippen molar-refractivity contribution in [2.75, 3.05) is 0 Å². The highest BCUT2D eigenvalue weighted by Crippen LogP contribution is 2.36. The zero-order chi connectivity index (χ0) is 10.2. The summed E-state index contributed by atoms with van der Waals surface area (Å²) in [6.45, 7) is 5.47. The molecule has 1 saturated carbocycles. The average molecular weight is 192 g/mol. The van der Waals surface area contributed by atoms with Gasteiger partial charge in [0.15, 0.2) is 0 Å². The summed E-state index contributed by atoms with van der Waals surface area (Å²) in [5.41, 5.74) is 9.00. The minimum Gasteiger partial charge on any atom is -0.349 e. The van der Waals surface area contributed by atoms with E-state index < -0.39 is 0 Å². The molecule has 0 bridgehead atoms. The van der Waals surface area contributed by atoms with Crippen LogP contribution in [0.2, 0.25) is 0 Å². The molecule has 1 aromatic rings. The second-order valence-electron chi connectivity index (χ2n) is 4.73. The van der Waals surface area contributed by atoms with Gasteiger partial charge in [0, 0.05) is 23.5 Å². The number of hydrogen-bond donors (Lipinski definition) is 1. The van der Waals surface area contributed by atoms with Crippen molar-refractivity contribution in [1.29, 1.82) is 0 Å². The highest BCUT2D eigenvalue weighted by Gasteiger charge is 2.36. The van der Waals surface area contributed by atoms with Gasteiger partial charge in [-0.25, -0.2) is 0 Å². The Labute approximate surface area is 86.1 Å². The van der Waals surface area contributed by atoms with Gasteiger partial charge in [0.25, 0.3) is 0 Å². The van der Waals surface area contributed by atoms with Gasteiger partial charge in [-0.3, -0.25) is 0 Å². The molecule has 1 heterocycles. The Morgan fingerprint density at radius 3 is 2.36 bits per heavy atom. The van der Waals surface area contributed by atoms with Crippen LogP contribution < -0.4 is 5.73 Å². The average Bonchev–Trinajstić information content (AvgIpc) is 2.79. The van der Waals surface area contributed by atoms with E-state index in [0.29, 0.717) is 0 Å². The third-order valence-electron chi connectivity index (χ3n) is 3.37. The quantitative estimate of drug-likeness (QED) is 0.780. The van der Waals surface area contributed by atoms with Crippen LogP contribution in [0.3, 0.4) is 0 Å². The van der Waals surface area contributed by atoms with E-state index in [9.17, 15) is 0 Å². The first-order valence-corrected chi connectivity index (χ1v) is 5.52. The van der Waals surface area contributed by atoms with Crippen molar-refractivity contribution in [3.05, 3.63) is 23.5 Å². The van der Waals surface area contributed by atoms with E-state index >= 15 is 0 Å². The third-order valence-corrected chi connectivity index (χ3v) is 3.37. The summed E-state index contributed by atoms with van der Waals surface area (Å²) in [5.74, 6) is 0. The summed E-state index contributed by atoms with van der Waals surface area (Å²) in [7, 11) is 0. The molecule has 0 radical (unpaired) electrons. The Balaban J connectivity index is 1.85. The Hall–Kier alpha value is -0.760. The van der Waals surface area contributed by atoms with Gasteiger partial charge in [-0.15, -0.1) is 0 Å². The van der Waals surface area contributed by atoms with E-state index in [-0.39, 0.29) is 5.54 Å². The second-order valence-corrected chi connectivity index (χ2v) is 4.73. The van der Waals surface area contributed by atoms with Gasteiger partial charge >= 0.3 is 0 Å². The van der Waals surface area contributed by atoms with Crippen LogP contribution >= 0.6 is 0 Å². The van der Waals surface area contributed by atoms with Crippen molar-refractivity contribution in [3.8, 4) is 0 Å². The Morgan fingerprint density at radius 2 is 1.86 bits per heavy atom. The Kier molecular flexibility index (Phi) is 2.40. The molecule has 1 aromatic heterocycles. The van der Waals surface area contributed by atoms with Gasteiger partial charge in [-0.1, -0.05) is 0 Å². The van der Waals surface area contributed by atoms with Crippen LogP contribution in [0.5, 0.6) is 0 Å². The molecule has 0 unspecified atom stereocenters. The first kappa shape index (κ1) is 9.78. The minimum absolute atomic E-state index is 0.217. The number of aryl methyl sites for hydroxylation is 2. The number of nitrogens with two attached hydrogens (primary N) is 1. The first-order valence-electron chi connectivity index (χ1n) is 5.52. The fraction of sp³-hybridized carbons (Fsp3) is 0.667. The van der Waals surface area contributed by atoms with Crippen LogP contribution in [-0.4, -0.2) is 10.1 Å². The van der Waals surface area contributed by atoms with Gasteiger partial charge in [0.05, 0.1) is 0 Å². The highest BCUT2D eigenvalue weighted by atomic mass is 15.0. The lowest BCUT2D eigenvalue weighted by molar-refractivity contribution is 0.518. The predicted molar refractivity (Wildman–Crippen MR) is 59.3 cm³/mol. The molecule has 2 heteroatoms. The summed E-state index contributed by atoms with van der Waals surface area (Å²) < 4.78 is 2.38. The molecule has 2 nitrogen and oxygen atoms in total. The smallest absolute Gasteiger partial charge is 0.0225 e. The van der Waals surface area contributed by atoms with Crippen molar-refractivity contribution in [3.63, 3.8) is 0 Å². The van der Waals surface area contributed by atoms with E-state index in [0.717, 1.165) is 6.54 Å². The summed E-state index contributed by atoms with van der Waals surface area (Å²) in [4.78, 5) is 0. The molecule has 0 aromatic carbocycles. The second kappa shape index (κ2) is 3.43. The third kappa shape index (κ3) is 2.01. The number of aromatic nitrogens is 1. The van der Waals surface area contributed by atoms with Gasteiger partial charge < -0.3 is 10.3 Å². The van der Waals surface area contributed by atoms with Crippen molar-refractivity contribution >= 4 is 0 Å². The van der Waals surface area contributed by atoms with E-state index in [4.69, 9.17) is 5.73 Å². The monoisotopic (exact) mass is 192 g/mol. The molecule has 1 aliphatic carbocycles. The Morgan fingerprint density at radius 1 is 1.29 bits per heavy atom. The van der Waals surface area contributed by atoms with Crippen LogP contribution in [0.4, 0.5) is 0 Å². The maximum absolute atomic E-state index is 6.05. The molecule has 0 amide bonds. The summed E-state index contributed by atoms with van der Waals surface area (Å²) in [6.07, 6.45) is 4.87. The molecule has 0 spiro atoms.